The number of nitrogens with zero attached hydrogens (tertiary/aromatic N) is 4. The molecule has 0 N–H and O–H groups in total. The van der Waals surface area contributed by atoms with Gasteiger partial charge in [0.25, 0.3) is 0 Å². The standard InChI is InChI=1S/C29H20N4/c1-2-8-20(9-3-1)29-32-27-22-13-15-30-17-24(22)25-18-31-16-14-23(25)28(27)33(29)26-12-6-10-19-7-4-5-11-21(19)26/h1-13,15-18,23H,14H2. The quantitative estimate of drug-likeness (QED) is 0.318. The number of rotatable bonds is 2. The van der Waals surface area contributed by atoms with Gasteiger partial charge in [-0.3, -0.25) is 14.5 Å². The van der Waals surface area contributed by atoms with Crippen molar-refractivity contribution in [3.8, 4) is 28.3 Å². The Morgan fingerprint density at radius 2 is 1.67 bits per heavy atom. The summed E-state index contributed by atoms with van der Waals surface area (Å²) in [5.41, 5.74) is 7.99. The number of aliphatic imine (C=N–C) groups is 1. The minimum absolute atomic E-state index is 0.179. The molecule has 1 unspecified atom stereocenters. The Hall–Kier alpha value is -4.31. The third-order valence-electron chi connectivity index (χ3n) is 6.71. The van der Waals surface area contributed by atoms with Crippen molar-refractivity contribution < 1.29 is 0 Å². The molecule has 1 aliphatic carbocycles. The first-order valence-corrected chi connectivity index (χ1v) is 11.2. The number of aromatic nitrogens is 3. The van der Waals surface area contributed by atoms with E-state index in [-0.39, 0.29) is 5.92 Å². The molecule has 0 amide bonds. The van der Waals surface area contributed by atoms with Crippen LogP contribution in [0.4, 0.5) is 0 Å². The van der Waals surface area contributed by atoms with E-state index in [2.05, 4.69) is 87.3 Å². The molecule has 4 heteroatoms. The van der Waals surface area contributed by atoms with Gasteiger partial charge in [0.1, 0.15) is 5.82 Å². The topological polar surface area (TPSA) is 43.1 Å². The Morgan fingerprint density at radius 3 is 2.61 bits per heavy atom. The lowest BCUT2D eigenvalue weighted by atomic mass is 9.79. The van der Waals surface area contributed by atoms with Crippen molar-refractivity contribution in [2.24, 2.45) is 4.99 Å². The maximum atomic E-state index is 5.30. The van der Waals surface area contributed by atoms with Crippen LogP contribution < -0.4 is 0 Å². The highest BCUT2D eigenvalue weighted by Gasteiger charge is 2.36. The first-order valence-electron chi connectivity index (χ1n) is 11.2. The zero-order valence-electron chi connectivity index (χ0n) is 17.9. The molecule has 0 spiro atoms. The summed E-state index contributed by atoms with van der Waals surface area (Å²) in [5, 5.41) is 2.44. The molecule has 5 aromatic rings. The molecule has 156 valence electrons. The van der Waals surface area contributed by atoms with E-state index in [0.29, 0.717) is 0 Å². The van der Waals surface area contributed by atoms with Gasteiger partial charge in [-0.1, -0.05) is 66.7 Å². The molecule has 4 nitrogen and oxygen atoms in total. The van der Waals surface area contributed by atoms with Gasteiger partial charge in [-0.2, -0.15) is 0 Å². The fraction of sp³-hybridized carbons (Fsp3) is 0.0690. The number of hydrogen-bond donors (Lipinski definition) is 0. The molecule has 1 atom stereocenters. The maximum absolute atomic E-state index is 5.30. The van der Waals surface area contributed by atoms with Crippen molar-refractivity contribution in [2.45, 2.75) is 12.3 Å². The van der Waals surface area contributed by atoms with Gasteiger partial charge in [-0.25, -0.2) is 4.98 Å². The van der Waals surface area contributed by atoms with Crippen LogP contribution in [0.5, 0.6) is 0 Å². The SMILES string of the molecule is C1=NC=C2c3cnccc3-c3nc(-c4ccccc4)n(-c4cccc5ccccc45)c3C2C1. The summed E-state index contributed by atoms with van der Waals surface area (Å²) in [4.78, 5) is 14.2. The number of benzene rings is 3. The summed E-state index contributed by atoms with van der Waals surface area (Å²) in [6, 6.07) is 27.7. The van der Waals surface area contributed by atoms with E-state index in [9.17, 15) is 0 Å². The molecule has 0 saturated carbocycles. The predicted octanol–water partition coefficient (Wildman–Crippen LogP) is 6.67. The molecular weight excluding hydrogens is 404 g/mol. The molecule has 7 rings (SSSR count). The van der Waals surface area contributed by atoms with Gasteiger partial charge < -0.3 is 0 Å². The molecule has 33 heavy (non-hydrogen) atoms. The van der Waals surface area contributed by atoms with Crippen LogP contribution in [0.1, 0.15) is 23.6 Å². The van der Waals surface area contributed by atoms with E-state index in [4.69, 9.17) is 4.98 Å². The second-order valence-corrected chi connectivity index (χ2v) is 8.49. The van der Waals surface area contributed by atoms with Gasteiger partial charge in [0.05, 0.1) is 17.1 Å². The van der Waals surface area contributed by atoms with Gasteiger partial charge in [-0.05, 0) is 29.5 Å². The summed E-state index contributed by atoms with van der Waals surface area (Å²) < 4.78 is 2.38. The van der Waals surface area contributed by atoms with Crippen molar-refractivity contribution in [3.05, 3.63) is 109 Å². The summed E-state index contributed by atoms with van der Waals surface area (Å²) in [6.07, 6.45) is 8.67. The minimum atomic E-state index is 0.179. The third-order valence-corrected chi connectivity index (χ3v) is 6.71. The Balaban J connectivity index is 1.63. The molecule has 2 aliphatic rings. The maximum Gasteiger partial charge on any atom is 0.145 e. The van der Waals surface area contributed by atoms with E-state index in [1.54, 1.807) is 0 Å². The molecule has 0 radical (unpaired) electrons. The van der Waals surface area contributed by atoms with Crippen LogP contribution in [0.3, 0.4) is 0 Å². The van der Waals surface area contributed by atoms with E-state index in [1.165, 1.54) is 22.0 Å². The van der Waals surface area contributed by atoms with Gasteiger partial charge in [0.15, 0.2) is 0 Å². The molecule has 3 aromatic carbocycles. The average molecular weight is 425 g/mol. The van der Waals surface area contributed by atoms with Crippen molar-refractivity contribution >= 4 is 22.6 Å². The number of hydrogen-bond acceptors (Lipinski definition) is 3. The summed E-state index contributed by atoms with van der Waals surface area (Å²) >= 11 is 0. The molecule has 0 fully saturated rings. The van der Waals surface area contributed by atoms with E-state index >= 15 is 0 Å². The van der Waals surface area contributed by atoms with Crippen molar-refractivity contribution in [1.29, 1.82) is 0 Å². The van der Waals surface area contributed by atoms with Gasteiger partial charge >= 0.3 is 0 Å². The van der Waals surface area contributed by atoms with Crippen molar-refractivity contribution in [2.75, 3.05) is 0 Å². The zero-order valence-corrected chi connectivity index (χ0v) is 17.9. The minimum Gasteiger partial charge on any atom is -0.295 e. The van der Waals surface area contributed by atoms with Crippen LogP contribution in [0.2, 0.25) is 0 Å². The van der Waals surface area contributed by atoms with Gasteiger partial charge in [-0.15, -0.1) is 0 Å². The van der Waals surface area contributed by atoms with E-state index in [0.717, 1.165) is 40.3 Å². The zero-order chi connectivity index (χ0) is 21.8. The molecule has 3 heterocycles. The highest BCUT2D eigenvalue weighted by atomic mass is 15.1. The highest BCUT2D eigenvalue weighted by Crippen LogP contribution is 2.50. The summed E-state index contributed by atoms with van der Waals surface area (Å²) in [7, 11) is 0. The number of imidazole rings is 1. The number of allylic oxidation sites excluding steroid dienone is 1. The fourth-order valence-corrected chi connectivity index (χ4v) is 5.24. The number of pyridine rings is 1. The summed E-state index contributed by atoms with van der Waals surface area (Å²) in [6.45, 7) is 0. The predicted molar refractivity (Wildman–Crippen MR) is 134 cm³/mol. The lowest BCUT2D eigenvalue weighted by molar-refractivity contribution is 0.822. The number of fused-ring (bicyclic) bond motifs is 7. The Morgan fingerprint density at radius 1 is 0.818 bits per heavy atom. The van der Waals surface area contributed by atoms with Crippen LogP contribution in [0.25, 0.3) is 44.7 Å². The van der Waals surface area contributed by atoms with Crippen LogP contribution in [-0.2, 0) is 0 Å². The smallest absolute Gasteiger partial charge is 0.145 e. The largest absolute Gasteiger partial charge is 0.295 e. The molecule has 1 aliphatic heterocycles. The first-order chi connectivity index (χ1) is 16.4. The van der Waals surface area contributed by atoms with Crippen LogP contribution in [0.15, 0.2) is 102 Å². The van der Waals surface area contributed by atoms with Crippen molar-refractivity contribution in [3.63, 3.8) is 0 Å². The Kier molecular flexibility index (Phi) is 3.94. The molecular formula is C29H20N4. The third kappa shape index (κ3) is 2.67. The molecule has 2 aromatic heterocycles. The van der Waals surface area contributed by atoms with Crippen LogP contribution in [-0.4, -0.2) is 20.7 Å². The Bertz CT molecular complexity index is 1590. The normalized spacial score (nSPS) is 16.1. The Labute approximate surface area is 191 Å². The fourth-order valence-electron chi connectivity index (χ4n) is 5.24. The lowest BCUT2D eigenvalue weighted by Gasteiger charge is -2.29. The van der Waals surface area contributed by atoms with Crippen LogP contribution in [0, 0.1) is 0 Å². The van der Waals surface area contributed by atoms with Crippen LogP contribution >= 0.6 is 0 Å². The average Bonchev–Trinajstić information content (AvgIpc) is 3.30. The monoisotopic (exact) mass is 424 g/mol. The van der Waals surface area contributed by atoms with Gasteiger partial charge in [0, 0.05) is 52.8 Å². The second-order valence-electron chi connectivity index (χ2n) is 8.49. The first kappa shape index (κ1) is 18.3. The van der Waals surface area contributed by atoms with Crippen molar-refractivity contribution in [1.82, 2.24) is 14.5 Å². The highest BCUT2D eigenvalue weighted by molar-refractivity contribution is 5.95. The van der Waals surface area contributed by atoms with E-state index in [1.807, 2.05) is 30.9 Å². The van der Waals surface area contributed by atoms with E-state index < -0.39 is 0 Å². The lowest BCUT2D eigenvalue weighted by Crippen LogP contribution is -2.17. The second kappa shape index (κ2) is 7.10. The molecule has 0 saturated heterocycles. The molecule has 0 bridgehead atoms. The van der Waals surface area contributed by atoms with Gasteiger partial charge in [0.2, 0.25) is 0 Å². The summed E-state index contributed by atoms with van der Waals surface area (Å²) in [5.74, 6) is 1.14.